The number of sulfone groups is 1. The van der Waals surface area contributed by atoms with E-state index in [9.17, 15) is 27.1 Å². The predicted molar refractivity (Wildman–Crippen MR) is 116 cm³/mol. The van der Waals surface area contributed by atoms with Gasteiger partial charge in [0.05, 0.1) is 29.0 Å². The summed E-state index contributed by atoms with van der Waals surface area (Å²) < 4.78 is 57.1. The molecule has 0 bridgehead atoms. The Hall–Kier alpha value is -2.85. The van der Waals surface area contributed by atoms with E-state index in [1.54, 1.807) is 26.0 Å². The number of hydrogen-bond donors (Lipinski definition) is 1. The third kappa shape index (κ3) is 5.49. The highest BCUT2D eigenvalue weighted by Gasteiger charge is 2.24. The van der Waals surface area contributed by atoms with E-state index in [-0.39, 0.29) is 35.3 Å². The molecule has 1 N–H and O–H groups in total. The monoisotopic (exact) mass is 466 g/mol. The van der Waals surface area contributed by atoms with E-state index < -0.39 is 32.6 Å². The van der Waals surface area contributed by atoms with Crippen LogP contribution in [0, 0.1) is 11.6 Å². The molecular weight excluding hydrogens is 442 g/mol. The summed E-state index contributed by atoms with van der Waals surface area (Å²) in [6.45, 7) is 3.23. The average molecular weight is 467 g/mol. The summed E-state index contributed by atoms with van der Waals surface area (Å²) in [5, 5.41) is 14.0. The Kier molecular flexibility index (Phi) is 6.66. The van der Waals surface area contributed by atoms with E-state index >= 15 is 0 Å². The van der Waals surface area contributed by atoms with Crippen LogP contribution in [-0.4, -0.2) is 41.8 Å². The van der Waals surface area contributed by atoms with E-state index in [0.29, 0.717) is 12.0 Å². The highest BCUT2D eigenvalue weighted by atomic mass is 32.2. The molecule has 1 aliphatic carbocycles. The van der Waals surface area contributed by atoms with Crippen molar-refractivity contribution in [1.82, 2.24) is 9.78 Å². The molecule has 0 aliphatic heterocycles. The normalized spacial score (nSPS) is 16.7. The third-order valence-corrected chi connectivity index (χ3v) is 6.12. The number of aliphatic hydroxyl groups is 1. The van der Waals surface area contributed by atoms with Crippen LogP contribution in [0.15, 0.2) is 52.3 Å². The minimum Gasteiger partial charge on any atom is -0.487 e. The van der Waals surface area contributed by atoms with Crippen molar-refractivity contribution in [3.05, 3.63) is 75.1 Å². The van der Waals surface area contributed by atoms with E-state index in [1.165, 1.54) is 18.3 Å². The van der Waals surface area contributed by atoms with Crippen molar-refractivity contribution < 1.29 is 27.0 Å². The lowest BCUT2D eigenvalue weighted by Gasteiger charge is -2.21. The van der Waals surface area contributed by atoms with Crippen LogP contribution >= 0.6 is 0 Å². The topological polar surface area (TPSA) is 98.5 Å². The molecule has 1 aromatic carbocycles. The molecular formula is C22H24F2N2O5S. The van der Waals surface area contributed by atoms with Gasteiger partial charge in [0, 0.05) is 30.2 Å². The summed E-state index contributed by atoms with van der Waals surface area (Å²) in [7, 11) is -3.36. The molecule has 1 heterocycles. The van der Waals surface area contributed by atoms with E-state index in [0.717, 1.165) is 23.1 Å². The SMILES string of the molecule is CC(C)(O)CCOc1c(C2C=CC(S(C)(=O)=O)=CC2)cnn(-c2ccc(F)c(F)c2)c1=O. The Morgan fingerprint density at radius 3 is 2.56 bits per heavy atom. The van der Waals surface area contributed by atoms with Crippen LogP contribution in [0.5, 0.6) is 5.75 Å². The minimum atomic E-state index is -3.36. The van der Waals surface area contributed by atoms with Crippen LogP contribution in [0.3, 0.4) is 0 Å². The van der Waals surface area contributed by atoms with Gasteiger partial charge in [-0.15, -0.1) is 0 Å². The largest absolute Gasteiger partial charge is 0.487 e. The summed E-state index contributed by atoms with van der Waals surface area (Å²) >= 11 is 0. The number of benzene rings is 1. The van der Waals surface area contributed by atoms with Crippen molar-refractivity contribution in [2.24, 2.45) is 0 Å². The fourth-order valence-corrected chi connectivity index (χ4v) is 3.89. The summed E-state index contributed by atoms with van der Waals surface area (Å²) in [6, 6.07) is 2.96. The molecule has 0 radical (unpaired) electrons. The Morgan fingerprint density at radius 2 is 2.00 bits per heavy atom. The van der Waals surface area contributed by atoms with Crippen molar-refractivity contribution in [2.75, 3.05) is 12.9 Å². The van der Waals surface area contributed by atoms with Crippen molar-refractivity contribution in [3.8, 4) is 11.4 Å². The van der Waals surface area contributed by atoms with Gasteiger partial charge in [-0.25, -0.2) is 17.2 Å². The summed E-state index contributed by atoms with van der Waals surface area (Å²) in [6.07, 6.45) is 7.70. The van der Waals surface area contributed by atoms with Crippen LogP contribution in [0.2, 0.25) is 0 Å². The number of allylic oxidation sites excluding steroid dienone is 3. The first-order valence-electron chi connectivity index (χ1n) is 9.88. The van der Waals surface area contributed by atoms with Crippen molar-refractivity contribution in [3.63, 3.8) is 0 Å². The molecule has 1 aromatic heterocycles. The zero-order valence-corrected chi connectivity index (χ0v) is 18.7. The van der Waals surface area contributed by atoms with Gasteiger partial charge in [-0.05, 0) is 38.5 Å². The van der Waals surface area contributed by atoms with Gasteiger partial charge in [-0.1, -0.05) is 12.2 Å². The van der Waals surface area contributed by atoms with Crippen LogP contribution in [0.4, 0.5) is 8.78 Å². The summed E-state index contributed by atoms with van der Waals surface area (Å²) in [5.41, 5.74) is -1.27. The maximum absolute atomic E-state index is 13.7. The second-order valence-corrected chi connectivity index (χ2v) is 10.3. The number of hydrogen-bond acceptors (Lipinski definition) is 6. The first-order chi connectivity index (χ1) is 14.9. The van der Waals surface area contributed by atoms with Gasteiger partial charge in [-0.3, -0.25) is 4.79 Å². The Balaban J connectivity index is 2.02. The van der Waals surface area contributed by atoms with Crippen molar-refractivity contribution in [1.29, 1.82) is 0 Å². The lowest BCUT2D eigenvalue weighted by molar-refractivity contribution is 0.0548. The van der Waals surface area contributed by atoms with E-state index in [2.05, 4.69) is 5.10 Å². The van der Waals surface area contributed by atoms with Gasteiger partial charge in [0.1, 0.15) is 0 Å². The van der Waals surface area contributed by atoms with Gasteiger partial charge in [0.2, 0.25) is 0 Å². The smallest absolute Gasteiger partial charge is 0.314 e. The number of aromatic nitrogens is 2. The van der Waals surface area contributed by atoms with Gasteiger partial charge >= 0.3 is 5.56 Å². The van der Waals surface area contributed by atoms with Gasteiger partial charge in [0.15, 0.2) is 27.2 Å². The standard InChI is InChI=1S/C22H24F2N2O5S/c1-22(2,28)10-11-31-20-17(14-4-7-16(8-5-14)32(3,29)30)13-25-26(21(20)27)15-6-9-18(23)19(24)12-15/h4,6-9,12-14,28H,5,10-11H2,1-3H3. The molecule has 0 spiro atoms. The lowest BCUT2D eigenvalue weighted by atomic mass is 9.93. The predicted octanol–water partition coefficient (Wildman–Crippen LogP) is 3.02. The molecule has 3 rings (SSSR count). The van der Waals surface area contributed by atoms with Crippen LogP contribution in [0.25, 0.3) is 5.69 Å². The van der Waals surface area contributed by atoms with Crippen molar-refractivity contribution in [2.45, 2.75) is 38.2 Å². The van der Waals surface area contributed by atoms with Gasteiger partial charge < -0.3 is 9.84 Å². The zero-order valence-electron chi connectivity index (χ0n) is 17.9. The molecule has 32 heavy (non-hydrogen) atoms. The van der Waals surface area contributed by atoms with Crippen LogP contribution < -0.4 is 10.3 Å². The molecule has 0 saturated carbocycles. The number of ether oxygens (including phenoxy) is 1. The van der Waals surface area contributed by atoms with Crippen LogP contribution in [-0.2, 0) is 9.84 Å². The Morgan fingerprint density at radius 1 is 1.28 bits per heavy atom. The Labute approximate surface area is 184 Å². The Bertz CT molecular complexity index is 1240. The minimum absolute atomic E-state index is 0.0197. The van der Waals surface area contributed by atoms with Crippen LogP contribution in [0.1, 0.15) is 38.2 Å². The van der Waals surface area contributed by atoms with E-state index in [1.807, 2.05) is 0 Å². The quantitative estimate of drug-likeness (QED) is 0.674. The molecule has 0 fully saturated rings. The molecule has 2 aromatic rings. The van der Waals surface area contributed by atoms with Crippen molar-refractivity contribution >= 4 is 9.84 Å². The molecule has 1 atom stereocenters. The van der Waals surface area contributed by atoms with Gasteiger partial charge in [-0.2, -0.15) is 9.78 Å². The fraction of sp³-hybridized carbons (Fsp3) is 0.364. The summed E-state index contributed by atoms with van der Waals surface area (Å²) in [4.78, 5) is 13.4. The first-order valence-corrected chi connectivity index (χ1v) is 11.8. The maximum atomic E-state index is 13.7. The number of rotatable bonds is 7. The molecule has 0 saturated heterocycles. The lowest BCUT2D eigenvalue weighted by Crippen LogP contribution is -2.28. The fourth-order valence-electron chi connectivity index (χ4n) is 3.17. The molecule has 0 amide bonds. The highest BCUT2D eigenvalue weighted by Crippen LogP contribution is 2.32. The highest BCUT2D eigenvalue weighted by molar-refractivity contribution is 7.94. The second kappa shape index (κ2) is 8.95. The average Bonchev–Trinajstić information content (AvgIpc) is 2.70. The first kappa shape index (κ1) is 23.8. The summed E-state index contributed by atoms with van der Waals surface area (Å²) in [5.74, 6) is -2.61. The molecule has 7 nitrogen and oxygen atoms in total. The maximum Gasteiger partial charge on any atom is 0.314 e. The number of nitrogens with zero attached hydrogens (tertiary/aromatic N) is 2. The second-order valence-electron chi connectivity index (χ2n) is 8.24. The molecule has 1 aliphatic rings. The number of halogens is 2. The van der Waals surface area contributed by atoms with E-state index in [4.69, 9.17) is 4.74 Å². The molecule has 10 heteroatoms. The molecule has 1 unspecified atom stereocenters. The van der Waals surface area contributed by atoms with Gasteiger partial charge in [0.25, 0.3) is 0 Å². The zero-order chi connectivity index (χ0) is 23.7. The molecule has 172 valence electrons. The third-order valence-electron chi connectivity index (χ3n) is 4.96.